The molecule has 2 nitrogen and oxygen atoms in total. The van der Waals surface area contributed by atoms with Gasteiger partial charge in [-0.25, -0.2) is 4.39 Å². The van der Waals surface area contributed by atoms with Gasteiger partial charge in [0.05, 0.1) is 12.9 Å². The highest BCUT2D eigenvalue weighted by Gasteiger charge is 2.13. The molecule has 0 N–H and O–H groups in total. The molecular weight excluding hydrogens is 251 g/mol. The third-order valence-corrected chi connectivity index (χ3v) is 4.15. The van der Waals surface area contributed by atoms with Gasteiger partial charge in [-0.15, -0.1) is 0 Å². The number of Topliss-reactive ketones (excluding diaryl/α,β-unsaturated/α-hetero) is 1. The topological polar surface area (TPSA) is 26.3 Å². The number of hydrogen-bond donors (Lipinski definition) is 0. The lowest BCUT2D eigenvalue weighted by atomic mass is 10.1. The molecule has 18 heavy (non-hydrogen) atoms. The Morgan fingerprint density at radius 1 is 1.50 bits per heavy atom. The van der Waals surface area contributed by atoms with Crippen LogP contribution in [0.2, 0.25) is 0 Å². The van der Waals surface area contributed by atoms with E-state index in [1.807, 2.05) is 0 Å². The molecule has 1 atom stereocenters. The second kappa shape index (κ2) is 7.41. The van der Waals surface area contributed by atoms with Gasteiger partial charge in [-0.05, 0) is 18.1 Å². The molecule has 0 amide bonds. The number of carbonyl (C=O) groups is 1. The standard InChI is InChI=1S/C14H19FO2S/c1-4-10(2)18-9-12(16)8-11-6-5-7-13(17-3)14(11)15/h5-7,10H,4,8-9H2,1-3H3. The molecule has 0 aliphatic heterocycles. The quantitative estimate of drug-likeness (QED) is 0.759. The molecule has 0 aliphatic carbocycles. The van der Waals surface area contributed by atoms with Crippen molar-refractivity contribution in [1.82, 2.24) is 0 Å². The normalized spacial score (nSPS) is 12.2. The zero-order chi connectivity index (χ0) is 13.5. The van der Waals surface area contributed by atoms with Crippen molar-refractivity contribution >= 4 is 17.5 Å². The predicted octanol–water partition coefficient (Wildman–Crippen LogP) is 3.48. The van der Waals surface area contributed by atoms with Crippen molar-refractivity contribution in [3.63, 3.8) is 0 Å². The Labute approximate surface area is 112 Å². The van der Waals surface area contributed by atoms with Gasteiger partial charge < -0.3 is 4.74 Å². The number of halogens is 1. The van der Waals surface area contributed by atoms with E-state index in [1.165, 1.54) is 7.11 Å². The van der Waals surface area contributed by atoms with Gasteiger partial charge in [0.25, 0.3) is 0 Å². The van der Waals surface area contributed by atoms with Crippen LogP contribution < -0.4 is 4.74 Å². The van der Waals surface area contributed by atoms with Crippen molar-refractivity contribution in [2.75, 3.05) is 12.9 Å². The Bertz CT molecular complexity index is 407. The number of hydrogen-bond acceptors (Lipinski definition) is 3. The average molecular weight is 270 g/mol. The Morgan fingerprint density at radius 3 is 2.83 bits per heavy atom. The van der Waals surface area contributed by atoms with Gasteiger partial charge in [0.2, 0.25) is 0 Å². The molecule has 1 rings (SSSR count). The van der Waals surface area contributed by atoms with Gasteiger partial charge in [0.15, 0.2) is 11.6 Å². The molecule has 0 saturated heterocycles. The minimum atomic E-state index is -0.429. The lowest BCUT2D eigenvalue weighted by Crippen LogP contribution is -2.10. The first kappa shape index (κ1) is 15.0. The van der Waals surface area contributed by atoms with E-state index in [0.717, 1.165) is 6.42 Å². The van der Waals surface area contributed by atoms with E-state index < -0.39 is 5.82 Å². The fourth-order valence-corrected chi connectivity index (χ4v) is 2.28. The summed E-state index contributed by atoms with van der Waals surface area (Å²) in [4.78, 5) is 11.8. The van der Waals surface area contributed by atoms with Gasteiger partial charge >= 0.3 is 0 Å². The summed E-state index contributed by atoms with van der Waals surface area (Å²) in [5.74, 6) is 0.246. The molecule has 100 valence electrons. The minimum Gasteiger partial charge on any atom is -0.494 e. The fourth-order valence-electron chi connectivity index (χ4n) is 1.47. The van der Waals surface area contributed by atoms with Crippen LogP contribution in [-0.4, -0.2) is 23.9 Å². The van der Waals surface area contributed by atoms with Crippen LogP contribution in [0, 0.1) is 5.82 Å². The lowest BCUT2D eigenvalue weighted by molar-refractivity contribution is -0.116. The number of rotatable bonds is 7. The van der Waals surface area contributed by atoms with Crippen LogP contribution in [0.5, 0.6) is 5.75 Å². The Hall–Kier alpha value is -1.03. The molecule has 0 aromatic heterocycles. The SMILES string of the molecule is CCC(C)SCC(=O)Cc1cccc(OC)c1F. The molecule has 4 heteroatoms. The first-order valence-corrected chi connectivity index (χ1v) is 7.08. The highest BCUT2D eigenvalue weighted by atomic mass is 32.2. The number of carbonyl (C=O) groups excluding carboxylic acids is 1. The summed E-state index contributed by atoms with van der Waals surface area (Å²) >= 11 is 1.62. The summed E-state index contributed by atoms with van der Waals surface area (Å²) in [7, 11) is 1.42. The van der Waals surface area contributed by atoms with Crippen molar-refractivity contribution in [3.05, 3.63) is 29.6 Å². The number of methoxy groups -OCH3 is 1. The van der Waals surface area contributed by atoms with Gasteiger partial charge in [-0.3, -0.25) is 4.79 Å². The molecule has 0 fully saturated rings. The zero-order valence-corrected chi connectivity index (χ0v) is 11.8. The highest BCUT2D eigenvalue weighted by Crippen LogP contribution is 2.21. The summed E-state index contributed by atoms with van der Waals surface area (Å²) in [5, 5.41) is 0.462. The second-order valence-corrected chi connectivity index (χ2v) is 5.61. The molecule has 1 aromatic rings. The highest BCUT2D eigenvalue weighted by molar-refractivity contribution is 8.00. The lowest BCUT2D eigenvalue weighted by Gasteiger charge is -2.09. The third-order valence-electron chi connectivity index (χ3n) is 2.75. The largest absolute Gasteiger partial charge is 0.494 e. The molecule has 0 saturated carbocycles. The molecular formula is C14H19FO2S. The smallest absolute Gasteiger partial charge is 0.168 e. The number of ketones is 1. The van der Waals surface area contributed by atoms with Crippen LogP contribution >= 0.6 is 11.8 Å². The Morgan fingerprint density at radius 2 is 2.22 bits per heavy atom. The second-order valence-electron chi connectivity index (χ2n) is 4.18. The van der Waals surface area contributed by atoms with Gasteiger partial charge in [-0.2, -0.15) is 11.8 Å². The Balaban J connectivity index is 2.59. The number of benzene rings is 1. The molecule has 0 aliphatic rings. The maximum Gasteiger partial charge on any atom is 0.168 e. The van der Waals surface area contributed by atoms with E-state index >= 15 is 0 Å². The van der Waals surface area contributed by atoms with Crippen LogP contribution in [0.15, 0.2) is 18.2 Å². The van der Waals surface area contributed by atoms with Gasteiger partial charge in [-0.1, -0.05) is 26.0 Å². The summed E-state index contributed by atoms with van der Waals surface area (Å²) < 4.78 is 18.7. The fraction of sp³-hybridized carbons (Fsp3) is 0.500. The van der Waals surface area contributed by atoms with Crippen LogP contribution in [0.4, 0.5) is 4.39 Å². The van der Waals surface area contributed by atoms with Crippen LogP contribution in [0.25, 0.3) is 0 Å². The van der Waals surface area contributed by atoms with Crippen LogP contribution in [-0.2, 0) is 11.2 Å². The average Bonchev–Trinajstić information content (AvgIpc) is 2.38. The minimum absolute atomic E-state index is 0.0486. The van der Waals surface area contributed by atoms with Crippen molar-refractivity contribution in [2.45, 2.75) is 31.9 Å². The molecule has 0 radical (unpaired) electrons. The van der Waals surface area contributed by atoms with E-state index in [9.17, 15) is 9.18 Å². The number of thioether (sulfide) groups is 1. The molecule has 0 bridgehead atoms. The van der Waals surface area contributed by atoms with E-state index in [0.29, 0.717) is 16.6 Å². The maximum absolute atomic E-state index is 13.8. The first-order valence-electron chi connectivity index (χ1n) is 6.03. The van der Waals surface area contributed by atoms with Crippen LogP contribution in [0.1, 0.15) is 25.8 Å². The van der Waals surface area contributed by atoms with E-state index in [1.54, 1.807) is 30.0 Å². The zero-order valence-electron chi connectivity index (χ0n) is 11.0. The van der Waals surface area contributed by atoms with Crippen molar-refractivity contribution < 1.29 is 13.9 Å². The van der Waals surface area contributed by atoms with Crippen molar-refractivity contribution in [3.8, 4) is 5.75 Å². The Kier molecular flexibility index (Phi) is 6.19. The summed E-state index contributed by atoms with van der Waals surface area (Å²) in [5.41, 5.74) is 0.407. The van der Waals surface area contributed by atoms with Crippen molar-refractivity contribution in [1.29, 1.82) is 0 Å². The first-order chi connectivity index (χ1) is 8.58. The van der Waals surface area contributed by atoms with Gasteiger partial charge in [0.1, 0.15) is 5.78 Å². The molecule has 1 aromatic carbocycles. The predicted molar refractivity (Wildman–Crippen MR) is 73.9 cm³/mol. The monoisotopic (exact) mass is 270 g/mol. The van der Waals surface area contributed by atoms with Crippen LogP contribution in [0.3, 0.4) is 0 Å². The third kappa shape index (κ3) is 4.33. The summed E-state index contributed by atoms with van der Waals surface area (Å²) in [6.45, 7) is 4.17. The van der Waals surface area contributed by atoms with E-state index in [4.69, 9.17) is 4.74 Å². The summed E-state index contributed by atoms with van der Waals surface area (Å²) in [6, 6.07) is 4.88. The molecule has 0 heterocycles. The van der Waals surface area contributed by atoms with E-state index in [-0.39, 0.29) is 18.0 Å². The summed E-state index contributed by atoms with van der Waals surface area (Å²) in [6.07, 6.45) is 1.16. The van der Waals surface area contributed by atoms with Crippen molar-refractivity contribution in [2.24, 2.45) is 0 Å². The molecule has 0 spiro atoms. The number of ether oxygens (including phenoxy) is 1. The maximum atomic E-state index is 13.8. The molecule has 1 unspecified atom stereocenters. The van der Waals surface area contributed by atoms with E-state index in [2.05, 4.69) is 13.8 Å². The van der Waals surface area contributed by atoms with Gasteiger partial charge in [0, 0.05) is 11.7 Å².